The number of hydrogen-bond donors (Lipinski definition) is 1. The Morgan fingerprint density at radius 1 is 1.03 bits per heavy atom. The predicted octanol–water partition coefficient (Wildman–Crippen LogP) is 8.97. The molecular formula is C27H46S2. The van der Waals surface area contributed by atoms with Gasteiger partial charge in [-0.1, -0.05) is 76.3 Å². The van der Waals surface area contributed by atoms with Gasteiger partial charge in [-0.15, -0.1) is 11.7 Å². The molecule has 0 nitrogen and oxygen atoms in total. The van der Waals surface area contributed by atoms with Gasteiger partial charge < -0.3 is 0 Å². The van der Waals surface area contributed by atoms with Gasteiger partial charge in [0.05, 0.1) is 0 Å². The third-order valence-electron chi connectivity index (χ3n) is 10.4. The van der Waals surface area contributed by atoms with E-state index in [2.05, 4.69) is 52.4 Å². The molecule has 0 heterocycles. The van der Waals surface area contributed by atoms with Crippen molar-refractivity contribution in [2.24, 2.45) is 46.3 Å². The van der Waals surface area contributed by atoms with Gasteiger partial charge in [0, 0.05) is 5.25 Å². The molecule has 29 heavy (non-hydrogen) atoms. The third-order valence-corrected chi connectivity index (χ3v) is 12.0. The largest absolute Gasteiger partial charge is 0.111 e. The van der Waals surface area contributed by atoms with Crippen LogP contribution >= 0.6 is 22.5 Å². The minimum atomic E-state index is 0.505. The second-order valence-corrected chi connectivity index (χ2v) is 13.8. The monoisotopic (exact) mass is 434 g/mol. The highest BCUT2D eigenvalue weighted by Gasteiger charge is 2.59. The van der Waals surface area contributed by atoms with Crippen molar-refractivity contribution in [2.75, 3.05) is 0 Å². The number of allylic oxidation sites excluding steroid dienone is 2. The van der Waals surface area contributed by atoms with Crippen molar-refractivity contribution in [3.63, 3.8) is 0 Å². The average molecular weight is 435 g/mol. The van der Waals surface area contributed by atoms with Gasteiger partial charge in [0.25, 0.3) is 0 Å². The Morgan fingerprint density at radius 3 is 2.55 bits per heavy atom. The van der Waals surface area contributed by atoms with Crippen LogP contribution in [0, 0.1) is 46.3 Å². The van der Waals surface area contributed by atoms with E-state index >= 15 is 0 Å². The first-order valence-corrected chi connectivity index (χ1v) is 14.7. The minimum absolute atomic E-state index is 0.505. The first-order chi connectivity index (χ1) is 13.8. The summed E-state index contributed by atoms with van der Waals surface area (Å²) in [5.74, 6) is 5.69. The highest BCUT2D eigenvalue weighted by molar-refractivity contribution is 8.68. The van der Waals surface area contributed by atoms with E-state index in [1.807, 2.05) is 16.4 Å². The smallest absolute Gasteiger partial charge is 0.0186 e. The fourth-order valence-electron chi connectivity index (χ4n) is 8.74. The van der Waals surface area contributed by atoms with E-state index in [9.17, 15) is 0 Å². The summed E-state index contributed by atoms with van der Waals surface area (Å²) >= 11 is 4.55. The number of fused-ring (bicyclic) bond motifs is 5. The topological polar surface area (TPSA) is 0 Å². The molecule has 2 heteroatoms. The molecule has 4 aliphatic carbocycles. The summed E-state index contributed by atoms with van der Waals surface area (Å²) in [7, 11) is 1.81. The van der Waals surface area contributed by atoms with Crippen molar-refractivity contribution >= 4 is 22.5 Å². The molecule has 8 unspecified atom stereocenters. The summed E-state index contributed by atoms with van der Waals surface area (Å²) in [6.07, 6.45) is 18.6. The second kappa shape index (κ2) is 8.76. The molecule has 0 spiro atoms. The Balaban J connectivity index is 1.48. The molecule has 3 fully saturated rings. The Hall–Kier alpha value is 0.440. The van der Waals surface area contributed by atoms with E-state index in [1.165, 1.54) is 70.6 Å². The maximum Gasteiger partial charge on any atom is 0.0186 e. The molecule has 4 aliphatic rings. The summed E-state index contributed by atoms with van der Waals surface area (Å²) < 4.78 is 0. The Kier molecular flexibility index (Phi) is 6.84. The molecule has 3 saturated carbocycles. The van der Waals surface area contributed by atoms with E-state index in [-0.39, 0.29) is 0 Å². The zero-order valence-electron chi connectivity index (χ0n) is 19.8. The van der Waals surface area contributed by atoms with Crippen molar-refractivity contribution < 1.29 is 0 Å². The first kappa shape index (κ1) is 22.6. The molecule has 0 amide bonds. The lowest BCUT2D eigenvalue weighted by Gasteiger charge is -2.58. The predicted molar refractivity (Wildman–Crippen MR) is 133 cm³/mol. The molecule has 0 aromatic carbocycles. The first-order valence-electron chi connectivity index (χ1n) is 12.8. The fourth-order valence-corrected chi connectivity index (χ4v) is 9.76. The lowest BCUT2D eigenvalue weighted by Crippen LogP contribution is -2.50. The summed E-state index contributed by atoms with van der Waals surface area (Å²) in [4.78, 5) is 0. The Morgan fingerprint density at radius 2 is 1.83 bits per heavy atom. The van der Waals surface area contributed by atoms with Gasteiger partial charge in [-0.05, 0) is 97.7 Å². The molecule has 4 rings (SSSR count). The van der Waals surface area contributed by atoms with Gasteiger partial charge >= 0.3 is 0 Å². The van der Waals surface area contributed by atoms with E-state index in [1.54, 1.807) is 0 Å². The lowest BCUT2D eigenvalue weighted by molar-refractivity contribution is -0.0497. The molecule has 0 aromatic heterocycles. The normalized spacial score (nSPS) is 45.3. The maximum atomic E-state index is 4.55. The quantitative estimate of drug-likeness (QED) is 0.247. The van der Waals surface area contributed by atoms with Crippen molar-refractivity contribution in [3.8, 4) is 0 Å². The van der Waals surface area contributed by atoms with Crippen LogP contribution in [0.15, 0.2) is 11.6 Å². The van der Waals surface area contributed by atoms with Crippen molar-refractivity contribution in [1.82, 2.24) is 0 Å². The minimum Gasteiger partial charge on any atom is -0.111 e. The van der Waals surface area contributed by atoms with Crippen LogP contribution in [-0.4, -0.2) is 5.25 Å². The van der Waals surface area contributed by atoms with Crippen LogP contribution in [0.5, 0.6) is 0 Å². The molecule has 8 atom stereocenters. The maximum absolute atomic E-state index is 4.55. The highest BCUT2D eigenvalue weighted by Crippen LogP contribution is 2.67. The lowest BCUT2D eigenvalue weighted by atomic mass is 9.47. The summed E-state index contributed by atoms with van der Waals surface area (Å²) in [5.41, 5.74) is 2.94. The van der Waals surface area contributed by atoms with Crippen LogP contribution in [0.2, 0.25) is 0 Å². The fraction of sp³-hybridized carbons (Fsp3) is 0.926. The van der Waals surface area contributed by atoms with Crippen LogP contribution in [0.25, 0.3) is 0 Å². The summed E-state index contributed by atoms with van der Waals surface area (Å²) in [5, 5.41) is 0.755. The number of hydrogen-bond acceptors (Lipinski definition) is 2. The summed E-state index contributed by atoms with van der Waals surface area (Å²) in [6, 6.07) is 0. The SMILES string of the molecule is CC(C)CCCC(C)C1CCC2C3CC=C4CC(SS)CCC4(C)C3CCC12C. The number of thiol groups is 1. The van der Waals surface area contributed by atoms with Crippen molar-refractivity contribution in [1.29, 1.82) is 0 Å². The Bertz CT molecular complexity index is 610. The van der Waals surface area contributed by atoms with Gasteiger partial charge in [-0.3, -0.25) is 0 Å². The van der Waals surface area contributed by atoms with Gasteiger partial charge in [0.1, 0.15) is 0 Å². The zero-order chi connectivity index (χ0) is 20.8. The van der Waals surface area contributed by atoms with Crippen LogP contribution in [0.4, 0.5) is 0 Å². The van der Waals surface area contributed by atoms with E-state index in [0.29, 0.717) is 10.8 Å². The molecule has 0 saturated heterocycles. The van der Waals surface area contributed by atoms with Crippen LogP contribution < -0.4 is 0 Å². The standard InChI is InChI=1S/C27H46S2/c1-18(2)7-6-8-19(3)23-11-12-24-22-10-9-20-17-21(29-28)13-15-26(20,4)25(22)14-16-27(23,24)5/h9,18-19,21-25,28H,6-8,10-17H2,1-5H3. The van der Waals surface area contributed by atoms with Gasteiger partial charge in [0.2, 0.25) is 0 Å². The molecular weight excluding hydrogens is 388 g/mol. The Labute approximate surface area is 190 Å². The van der Waals surface area contributed by atoms with Crippen LogP contribution in [0.1, 0.15) is 105 Å². The van der Waals surface area contributed by atoms with E-state index in [0.717, 1.165) is 40.8 Å². The van der Waals surface area contributed by atoms with Gasteiger partial charge in [0.15, 0.2) is 0 Å². The van der Waals surface area contributed by atoms with Gasteiger partial charge in [-0.2, -0.15) is 0 Å². The molecule has 0 bridgehead atoms. The molecule has 0 radical (unpaired) electrons. The van der Waals surface area contributed by atoms with Crippen molar-refractivity contribution in [3.05, 3.63) is 11.6 Å². The van der Waals surface area contributed by atoms with Crippen molar-refractivity contribution in [2.45, 2.75) is 110 Å². The summed E-state index contributed by atoms with van der Waals surface area (Å²) in [6.45, 7) is 12.7. The zero-order valence-corrected chi connectivity index (χ0v) is 21.5. The second-order valence-electron chi connectivity index (χ2n) is 12.3. The van der Waals surface area contributed by atoms with E-state index in [4.69, 9.17) is 0 Å². The highest BCUT2D eigenvalue weighted by atomic mass is 33.1. The molecule has 166 valence electrons. The average Bonchev–Trinajstić information content (AvgIpc) is 3.04. The van der Waals surface area contributed by atoms with Crippen LogP contribution in [0.3, 0.4) is 0 Å². The third kappa shape index (κ3) is 4.01. The van der Waals surface area contributed by atoms with Crippen LogP contribution in [-0.2, 0) is 0 Å². The molecule has 0 aliphatic heterocycles. The van der Waals surface area contributed by atoms with E-state index < -0.39 is 0 Å². The molecule has 0 N–H and O–H groups in total. The molecule has 0 aromatic rings. The number of rotatable bonds is 6. The van der Waals surface area contributed by atoms with Gasteiger partial charge in [-0.25, -0.2) is 0 Å².